The van der Waals surface area contributed by atoms with Crippen molar-refractivity contribution in [3.05, 3.63) is 69.2 Å². The molecule has 0 fully saturated rings. The number of nitrogens with zero attached hydrogens (tertiary/aromatic N) is 6. The second-order valence-corrected chi connectivity index (χ2v) is 8.87. The van der Waals surface area contributed by atoms with Gasteiger partial charge >= 0.3 is 12.4 Å². The van der Waals surface area contributed by atoms with E-state index in [4.69, 9.17) is 32.7 Å². The third-order valence-electron chi connectivity index (χ3n) is 5.16. The lowest BCUT2D eigenvalue weighted by Crippen LogP contribution is -2.29. The number of H-pyrrole nitrogens is 1. The molecule has 1 N–H and O–H groups in total. The average molecular weight is 639 g/mol. The fraction of sp³-hybridized carbons (Fsp3) is 0.292. The van der Waals surface area contributed by atoms with Crippen LogP contribution in [0.2, 0.25) is 10.0 Å². The van der Waals surface area contributed by atoms with E-state index >= 15 is 0 Å². The van der Waals surface area contributed by atoms with Crippen molar-refractivity contribution in [2.45, 2.75) is 39.0 Å². The van der Waals surface area contributed by atoms with Crippen LogP contribution in [0.15, 0.2) is 41.7 Å². The standard InChI is InChI=1S/C13H12ClF3N4O2.C11H9ClF3N3O/c1-3-8-5-10(20-21(8)12(22)18-2)23-11-9(14)4-7(6-19-11)13(15,16)17;1-2-7-4-9(18-17-7)19-10-8(12)3-6(5-16-10)11(13,14)15/h4-6H,3H2,1-2H3,(H,18,22);3-5H,2H2,1H3,(H,17,18)/p-1. The van der Waals surface area contributed by atoms with Crippen LogP contribution in [0.4, 0.5) is 26.3 Å². The van der Waals surface area contributed by atoms with Crippen LogP contribution in [0.3, 0.4) is 0 Å². The van der Waals surface area contributed by atoms with Gasteiger partial charge in [0.1, 0.15) is 10.0 Å². The Bertz CT molecular complexity index is 1550. The van der Waals surface area contributed by atoms with Crippen LogP contribution in [0, 0.1) is 0 Å². The largest absolute Gasteiger partial charge is 0.845 e. The van der Waals surface area contributed by atoms with Crippen LogP contribution in [-0.2, 0) is 25.2 Å². The van der Waals surface area contributed by atoms with Gasteiger partial charge in [-0.05, 0) is 25.0 Å². The predicted octanol–water partition coefficient (Wildman–Crippen LogP) is 6.33. The van der Waals surface area contributed by atoms with Crippen molar-refractivity contribution in [1.82, 2.24) is 29.9 Å². The van der Waals surface area contributed by atoms with E-state index < -0.39 is 29.5 Å². The highest BCUT2D eigenvalue weighted by Gasteiger charge is 2.32. The zero-order chi connectivity index (χ0) is 31.2. The molecule has 18 heteroatoms. The summed E-state index contributed by atoms with van der Waals surface area (Å²) in [6, 6.07) is 3.95. The molecule has 0 atom stereocenters. The molecule has 0 spiro atoms. The van der Waals surface area contributed by atoms with E-state index in [-0.39, 0.29) is 33.6 Å². The summed E-state index contributed by atoms with van der Waals surface area (Å²) >= 11 is 11.4. The van der Waals surface area contributed by atoms with Gasteiger partial charge in [-0.15, -0.1) is 10.2 Å². The van der Waals surface area contributed by atoms with E-state index in [9.17, 15) is 31.4 Å². The van der Waals surface area contributed by atoms with E-state index in [0.29, 0.717) is 30.6 Å². The Balaban J connectivity index is 0.000000235. The van der Waals surface area contributed by atoms with Crippen LogP contribution < -0.4 is 14.6 Å². The Morgan fingerprint density at radius 3 is 1.81 bits per heavy atom. The number of nitrogens with one attached hydrogen (secondary N) is 1. The van der Waals surface area contributed by atoms with Crippen LogP contribution in [0.1, 0.15) is 36.4 Å². The van der Waals surface area contributed by atoms with Crippen molar-refractivity contribution in [2.75, 3.05) is 7.05 Å². The number of hydrogen-bond acceptors (Lipinski definition) is 8. The minimum absolute atomic E-state index is 0.0204. The normalized spacial score (nSPS) is 12.1. The summed E-state index contributed by atoms with van der Waals surface area (Å²) in [5.74, 6) is -0.185. The lowest BCUT2D eigenvalue weighted by molar-refractivity contribution is -0.222. The maximum Gasteiger partial charge on any atom is 0.417 e. The summed E-state index contributed by atoms with van der Waals surface area (Å²) < 4.78 is 86.4. The number of alkyl halides is 6. The van der Waals surface area contributed by atoms with Gasteiger partial charge in [0.15, 0.2) is 0 Å². The zero-order valence-electron chi connectivity index (χ0n) is 21.8. The molecule has 0 aliphatic carbocycles. The number of hydrogen-bond donors (Lipinski definition) is 1. The molecule has 0 unspecified atom stereocenters. The maximum absolute atomic E-state index is 12.6. The minimum Gasteiger partial charge on any atom is -0.845 e. The van der Waals surface area contributed by atoms with Crippen molar-refractivity contribution < 1.29 is 40.9 Å². The van der Waals surface area contributed by atoms with Gasteiger partial charge in [0.2, 0.25) is 23.5 Å². The van der Waals surface area contributed by atoms with Gasteiger partial charge in [0.05, 0.1) is 17.1 Å². The number of halogens is 8. The van der Waals surface area contributed by atoms with Crippen molar-refractivity contribution >= 4 is 29.2 Å². The molecule has 0 aliphatic rings. The number of aryl methyl sites for hydroxylation is 2. The average Bonchev–Trinajstić information content (AvgIpc) is 3.56. The molecule has 4 aromatic rings. The summed E-state index contributed by atoms with van der Waals surface area (Å²) in [5, 5.41) is 21.5. The summed E-state index contributed by atoms with van der Waals surface area (Å²) in [4.78, 5) is 10.6. The fourth-order valence-corrected chi connectivity index (χ4v) is 3.45. The minimum atomic E-state index is -4.55. The van der Waals surface area contributed by atoms with E-state index in [2.05, 4.69) is 30.3 Å². The Morgan fingerprint density at radius 1 is 0.881 bits per heavy atom. The van der Waals surface area contributed by atoms with E-state index in [0.717, 1.165) is 22.9 Å². The molecule has 0 bridgehead atoms. The van der Waals surface area contributed by atoms with Gasteiger partial charge in [-0.1, -0.05) is 37.0 Å². The second kappa shape index (κ2) is 13.3. The van der Waals surface area contributed by atoms with Gasteiger partial charge in [0.25, 0.3) is 0 Å². The highest BCUT2D eigenvalue weighted by molar-refractivity contribution is 6.32. The number of ether oxygens (including phenoxy) is 2. The van der Waals surface area contributed by atoms with Crippen LogP contribution in [-0.4, -0.2) is 43.0 Å². The summed E-state index contributed by atoms with van der Waals surface area (Å²) in [5.41, 5.74) is -0.563. The van der Waals surface area contributed by atoms with Gasteiger partial charge < -0.3 is 14.6 Å². The molecule has 4 aromatic heterocycles. The van der Waals surface area contributed by atoms with Crippen molar-refractivity contribution in [1.29, 1.82) is 0 Å². The van der Waals surface area contributed by atoms with Crippen molar-refractivity contribution in [3.63, 3.8) is 0 Å². The molecular formula is C24H20Cl2F6N7O3-. The SMILES string of the molecule is CCc1cc(Oc2ncc(C(F)(F)F)cc2Cl)n[nH]1.CCc1cc(Oc2ncc(C(F)(F)F)cc2Cl)nn1C([O-])=NC. The fourth-order valence-electron chi connectivity index (χ4n) is 3.04. The highest BCUT2D eigenvalue weighted by atomic mass is 35.5. The monoisotopic (exact) mass is 638 g/mol. The van der Waals surface area contributed by atoms with Crippen molar-refractivity contribution in [2.24, 2.45) is 4.99 Å². The lowest BCUT2D eigenvalue weighted by atomic mass is 10.3. The lowest BCUT2D eigenvalue weighted by Gasteiger charge is -2.11. The molecule has 4 heterocycles. The highest BCUT2D eigenvalue weighted by Crippen LogP contribution is 2.35. The van der Waals surface area contributed by atoms with Crippen LogP contribution in [0.5, 0.6) is 23.5 Å². The first-order chi connectivity index (χ1) is 19.7. The van der Waals surface area contributed by atoms with Crippen LogP contribution >= 0.6 is 23.2 Å². The molecule has 0 radical (unpaired) electrons. The Hall–Kier alpha value is -4.05. The summed E-state index contributed by atoms with van der Waals surface area (Å²) in [7, 11) is 1.32. The maximum atomic E-state index is 12.6. The Morgan fingerprint density at radius 2 is 1.40 bits per heavy atom. The Kier molecular flexibility index (Phi) is 10.3. The van der Waals surface area contributed by atoms with Gasteiger partial charge in [-0.25, -0.2) is 14.6 Å². The van der Waals surface area contributed by atoms with E-state index in [1.165, 1.54) is 13.1 Å². The predicted molar refractivity (Wildman–Crippen MR) is 137 cm³/mol. The quantitative estimate of drug-likeness (QED) is 0.148. The molecule has 0 aromatic carbocycles. The van der Waals surface area contributed by atoms with Gasteiger partial charge in [0, 0.05) is 43.0 Å². The van der Waals surface area contributed by atoms with Gasteiger partial charge in [-0.2, -0.15) is 26.3 Å². The smallest absolute Gasteiger partial charge is 0.417 e. The molecule has 0 aliphatic heterocycles. The third kappa shape index (κ3) is 8.25. The van der Waals surface area contributed by atoms with E-state index in [1.807, 2.05) is 6.92 Å². The number of aromatic amines is 1. The summed E-state index contributed by atoms with van der Waals surface area (Å²) in [6.45, 7) is 3.71. The molecule has 42 heavy (non-hydrogen) atoms. The molecule has 0 amide bonds. The van der Waals surface area contributed by atoms with E-state index in [1.54, 1.807) is 13.0 Å². The molecule has 226 valence electrons. The topological polar surface area (TPSA) is 126 Å². The number of rotatable bonds is 6. The molecule has 4 rings (SSSR count). The van der Waals surface area contributed by atoms with Crippen molar-refractivity contribution in [3.8, 4) is 23.5 Å². The molecule has 0 saturated heterocycles. The Labute approximate surface area is 243 Å². The number of pyridine rings is 2. The summed E-state index contributed by atoms with van der Waals surface area (Å²) in [6.07, 6.45) is -6.57. The first kappa shape index (κ1) is 32.5. The zero-order valence-corrected chi connectivity index (χ0v) is 23.3. The number of aliphatic imine (C=N–C) groups is 1. The van der Waals surface area contributed by atoms with Gasteiger partial charge in [-0.3, -0.25) is 10.1 Å². The second-order valence-electron chi connectivity index (χ2n) is 8.05. The first-order valence-corrected chi connectivity index (χ1v) is 12.5. The third-order valence-corrected chi connectivity index (χ3v) is 5.70. The number of aromatic nitrogens is 6. The van der Waals surface area contributed by atoms with Crippen LogP contribution in [0.25, 0.3) is 0 Å². The molecular weight excluding hydrogens is 619 g/mol. The molecule has 0 saturated carbocycles. The first-order valence-electron chi connectivity index (χ1n) is 11.7. The molecule has 10 nitrogen and oxygen atoms in total.